The van der Waals surface area contributed by atoms with E-state index in [4.69, 9.17) is 16.3 Å². The van der Waals surface area contributed by atoms with Crippen molar-refractivity contribution in [2.75, 3.05) is 23.9 Å². The summed E-state index contributed by atoms with van der Waals surface area (Å²) in [6.07, 6.45) is 3.22. The summed E-state index contributed by atoms with van der Waals surface area (Å²) < 4.78 is 5.20. The molecule has 3 rings (SSSR count). The van der Waals surface area contributed by atoms with Gasteiger partial charge in [0, 0.05) is 23.9 Å². The summed E-state index contributed by atoms with van der Waals surface area (Å²) in [5.74, 6) is 0.563. The molecule has 0 saturated carbocycles. The lowest BCUT2D eigenvalue weighted by Gasteiger charge is -2.28. The van der Waals surface area contributed by atoms with Crippen LogP contribution in [-0.4, -0.2) is 30.0 Å². The Kier molecular flexibility index (Phi) is 3.94. The summed E-state index contributed by atoms with van der Waals surface area (Å²) in [7, 11) is 1.57. The summed E-state index contributed by atoms with van der Waals surface area (Å²) in [5.41, 5.74) is 2.01. The molecule has 0 radical (unpaired) electrons. The Bertz CT molecular complexity index is 676. The normalized spacial score (nSPS) is 13.7. The van der Waals surface area contributed by atoms with Crippen LogP contribution in [0.4, 0.5) is 10.8 Å². The van der Waals surface area contributed by atoms with Gasteiger partial charge in [0.25, 0.3) is 0 Å². The van der Waals surface area contributed by atoms with Crippen molar-refractivity contribution in [3.8, 4) is 5.75 Å². The molecule has 0 unspecified atom stereocenters. The van der Waals surface area contributed by atoms with Crippen LogP contribution < -0.4 is 15.0 Å². The molecular weight excluding hydrogens is 312 g/mol. The second-order valence-corrected chi connectivity index (χ2v) is 5.95. The molecule has 1 N–H and O–H groups in total. The number of hydrogen-bond donors (Lipinski definition) is 1. The third-order valence-corrected chi connectivity index (χ3v) is 4.59. The molecule has 0 aromatic carbocycles. The number of nitrogens with zero attached hydrogens (tertiary/aromatic N) is 3. The number of hydrogen-bond acceptors (Lipinski definition) is 6. The van der Waals surface area contributed by atoms with Crippen LogP contribution in [0.5, 0.6) is 5.75 Å². The summed E-state index contributed by atoms with van der Waals surface area (Å²) >= 11 is 7.45. The fourth-order valence-electron chi connectivity index (χ4n) is 2.26. The highest BCUT2D eigenvalue weighted by Gasteiger charge is 2.21. The van der Waals surface area contributed by atoms with E-state index in [9.17, 15) is 4.79 Å². The van der Waals surface area contributed by atoms with Crippen LogP contribution in [0.15, 0.2) is 12.3 Å². The van der Waals surface area contributed by atoms with E-state index < -0.39 is 0 Å². The fourth-order valence-corrected chi connectivity index (χ4v) is 3.42. The van der Waals surface area contributed by atoms with Crippen LogP contribution in [0.25, 0.3) is 0 Å². The molecule has 110 valence electrons. The van der Waals surface area contributed by atoms with Crippen LogP contribution in [0.2, 0.25) is 5.15 Å². The molecule has 0 saturated heterocycles. The number of fused-ring (bicyclic) bond motifs is 1. The lowest BCUT2D eigenvalue weighted by atomic mass is 10.1. The highest BCUT2D eigenvalue weighted by atomic mass is 35.5. The van der Waals surface area contributed by atoms with E-state index in [0.717, 1.165) is 35.8 Å². The number of carbonyl (C=O) groups is 1. The summed E-state index contributed by atoms with van der Waals surface area (Å²) in [6.45, 7) is 1.57. The predicted molar refractivity (Wildman–Crippen MR) is 82.4 cm³/mol. The molecular formula is C13H13ClN4O2S. The number of pyridine rings is 1. The Morgan fingerprint density at radius 3 is 3.19 bits per heavy atom. The molecule has 21 heavy (non-hydrogen) atoms. The van der Waals surface area contributed by atoms with Gasteiger partial charge in [-0.05, 0) is 0 Å². The van der Waals surface area contributed by atoms with Crippen molar-refractivity contribution >= 4 is 40.2 Å². The third-order valence-electron chi connectivity index (χ3n) is 3.29. The smallest absolute Gasteiger partial charge is 0.213 e. The quantitative estimate of drug-likeness (QED) is 0.690. The maximum absolute atomic E-state index is 10.5. The zero-order valence-electron chi connectivity index (χ0n) is 11.3. The van der Waals surface area contributed by atoms with E-state index in [1.165, 1.54) is 11.3 Å². The van der Waals surface area contributed by atoms with Gasteiger partial charge >= 0.3 is 0 Å². The lowest BCUT2D eigenvalue weighted by molar-refractivity contribution is -0.105. The van der Waals surface area contributed by atoms with Crippen LogP contribution in [0, 0.1) is 0 Å². The van der Waals surface area contributed by atoms with E-state index in [-0.39, 0.29) is 0 Å². The van der Waals surface area contributed by atoms with Crippen molar-refractivity contribution < 1.29 is 9.53 Å². The minimum Gasteiger partial charge on any atom is -0.493 e. The molecule has 2 aromatic rings. The highest BCUT2D eigenvalue weighted by molar-refractivity contribution is 7.15. The number of aromatic nitrogens is 2. The second-order valence-electron chi connectivity index (χ2n) is 4.51. The number of nitrogens with one attached hydrogen (secondary N) is 1. The molecule has 1 aliphatic heterocycles. The second kappa shape index (κ2) is 5.87. The first kappa shape index (κ1) is 14.1. The van der Waals surface area contributed by atoms with Gasteiger partial charge in [-0.2, -0.15) is 0 Å². The van der Waals surface area contributed by atoms with Gasteiger partial charge in [0.2, 0.25) is 6.41 Å². The van der Waals surface area contributed by atoms with Gasteiger partial charge in [0.1, 0.15) is 0 Å². The minimum atomic E-state index is 0.356. The zero-order chi connectivity index (χ0) is 14.8. The first-order valence-electron chi connectivity index (χ1n) is 6.34. The van der Waals surface area contributed by atoms with Crippen LogP contribution in [0.1, 0.15) is 10.6 Å². The monoisotopic (exact) mass is 324 g/mol. The largest absolute Gasteiger partial charge is 0.493 e. The molecule has 0 atom stereocenters. The van der Waals surface area contributed by atoms with Gasteiger partial charge in [-0.15, -0.1) is 0 Å². The van der Waals surface area contributed by atoms with Crippen molar-refractivity contribution in [3.63, 3.8) is 0 Å². The summed E-state index contributed by atoms with van der Waals surface area (Å²) in [4.78, 5) is 22.4. The first-order chi connectivity index (χ1) is 10.2. The Hall–Kier alpha value is -1.86. The summed E-state index contributed by atoms with van der Waals surface area (Å²) in [5, 5.41) is 3.60. The SMILES string of the molecule is COc1cc(N2CCc3nc(NC=O)sc3C2)cnc1Cl. The van der Waals surface area contributed by atoms with Crippen LogP contribution in [-0.2, 0) is 17.8 Å². The Morgan fingerprint density at radius 1 is 1.57 bits per heavy atom. The fraction of sp³-hybridized carbons (Fsp3) is 0.308. The van der Waals surface area contributed by atoms with E-state index >= 15 is 0 Å². The number of anilines is 2. The van der Waals surface area contributed by atoms with E-state index in [2.05, 4.69) is 20.2 Å². The number of carbonyl (C=O) groups excluding carboxylic acids is 1. The molecule has 0 fully saturated rings. The summed E-state index contributed by atoms with van der Waals surface area (Å²) in [6, 6.07) is 1.88. The van der Waals surface area contributed by atoms with Gasteiger partial charge in [-0.25, -0.2) is 9.97 Å². The van der Waals surface area contributed by atoms with E-state index in [0.29, 0.717) is 22.4 Å². The number of halogens is 1. The number of amides is 1. The Labute approximate surface area is 130 Å². The lowest BCUT2D eigenvalue weighted by Crippen LogP contribution is -2.29. The third kappa shape index (κ3) is 2.79. The average Bonchev–Trinajstić information content (AvgIpc) is 2.89. The molecule has 2 aromatic heterocycles. The van der Waals surface area contributed by atoms with Crippen molar-refractivity contribution in [2.45, 2.75) is 13.0 Å². The van der Waals surface area contributed by atoms with Crippen molar-refractivity contribution in [2.24, 2.45) is 0 Å². The van der Waals surface area contributed by atoms with Gasteiger partial charge in [0.05, 0.1) is 31.2 Å². The molecule has 1 aliphatic rings. The Morgan fingerprint density at radius 2 is 2.43 bits per heavy atom. The molecule has 0 bridgehead atoms. The minimum absolute atomic E-state index is 0.356. The molecule has 1 amide bonds. The van der Waals surface area contributed by atoms with Crippen molar-refractivity contribution in [1.29, 1.82) is 0 Å². The van der Waals surface area contributed by atoms with E-state index in [1.54, 1.807) is 13.3 Å². The van der Waals surface area contributed by atoms with Crippen molar-refractivity contribution in [3.05, 3.63) is 28.0 Å². The van der Waals surface area contributed by atoms with Crippen LogP contribution in [0.3, 0.4) is 0 Å². The zero-order valence-corrected chi connectivity index (χ0v) is 12.9. The highest BCUT2D eigenvalue weighted by Crippen LogP contribution is 2.33. The first-order valence-corrected chi connectivity index (χ1v) is 7.54. The predicted octanol–water partition coefficient (Wildman–Crippen LogP) is 2.33. The molecule has 3 heterocycles. The Balaban J connectivity index is 1.83. The van der Waals surface area contributed by atoms with Crippen LogP contribution >= 0.6 is 22.9 Å². The molecule has 8 heteroatoms. The maximum Gasteiger partial charge on any atom is 0.213 e. The number of thiazole rings is 1. The van der Waals surface area contributed by atoms with Gasteiger partial charge < -0.3 is 15.0 Å². The number of rotatable bonds is 4. The molecule has 0 aliphatic carbocycles. The van der Waals surface area contributed by atoms with Gasteiger partial charge in [-0.3, -0.25) is 4.79 Å². The standard InChI is InChI=1S/C13H13ClN4O2S/c1-20-10-4-8(5-15-12(10)14)18-3-2-9-11(6-18)21-13(17-9)16-7-19/h4-5,7H,2-3,6H2,1H3,(H,16,17,19). The maximum atomic E-state index is 10.5. The van der Waals surface area contributed by atoms with Gasteiger partial charge in [-0.1, -0.05) is 22.9 Å². The number of methoxy groups -OCH3 is 1. The van der Waals surface area contributed by atoms with Gasteiger partial charge in [0.15, 0.2) is 16.0 Å². The van der Waals surface area contributed by atoms with Crippen molar-refractivity contribution in [1.82, 2.24) is 9.97 Å². The topological polar surface area (TPSA) is 67.3 Å². The number of ether oxygens (including phenoxy) is 1. The average molecular weight is 325 g/mol. The van der Waals surface area contributed by atoms with E-state index in [1.807, 2.05) is 6.07 Å². The molecule has 6 nitrogen and oxygen atoms in total. The molecule has 0 spiro atoms.